The molecule has 0 aliphatic carbocycles. The van der Waals surface area contributed by atoms with Gasteiger partial charge in [0.2, 0.25) is 10.0 Å². The van der Waals surface area contributed by atoms with Crippen molar-refractivity contribution in [3.8, 4) is 0 Å². The Morgan fingerprint density at radius 3 is 2.81 bits per heavy atom. The van der Waals surface area contributed by atoms with Crippen LogP contribution in [0.5, 0.6) is 0 Å². The zero-order chi connectivity index (χ0) is 15.6. The first-order valence-electron chi connectivity index (χ1n) is 6.34. The zero-order valence-corrected chi connectivity index (χ0v) is 13.8. The Balaban J connectivity index is 2.33. The highest BCUT2D eigenvalue weighted by atomic mass is 79.9. The van der Waals surface area contributed by atoms with E-state index in [4.69, 9.17) is 4.74 Å². The maximum absolute atomic E-state index is 12.5. The van der Waals surface area contributed by atoms with E-state index in [0.29, 0.717) is 11.1 Å². The number of rotatable bonds is 5. The lowest BCUT2D eigenvalue weighted by molar-refractivity contribution is -0.387. The van der Waals surface area contributed by atoms with E-state index in [1.54, 1.807) is 0 Å². The highest BCUT2D eigenvalue weighted by molar-refractivity contribution is 9.10. The molecule has 0 amide bonds. The predicted octanol–water partition coefficient (Wildman–Crippen LogP) is 2.16. The summed E-state index contributed by atoms with van der Waals surface area (Å²) in [6.07, 6.45) is 1.53. The third kappa shape index (κ3) is 3.60. The second kappa shape index (κ2) is 6.39. The monoisotopic (exact) mass is 378 g/mol. The molecule has 0 radical (unpaired) electrons. The van der Waals surface area contributed by atoms with Crippen molar-refractivity contribution in [1.82, 2.24) is 4.31 Å². The minimum atomic E-state index is -3.94. The van der Waals surface area contributed by atoms with E-state index in [-0.39, 0.29) is 17.5 Å². The van der Waals surface area contributed by atoms with E-state index in [9.17, 15) is 18.5 Å². The first-order valence-corrected chi connectivity index (χ1v) is 8.57. The third-order valence-electron chi connectivity index (χ3n) is 3.29. The van der Waals surface area contributed by atoms with Crippen LogP contribution in [-0.2, 0) is 14.8 Å². The van der Waals surface area contributed by atoms with Gasteiger partial charge in [-0.3, -0.25) is 10.1 Å². The van der Waals surface area contributed by atoms with E-state index in [1.807, 2.05) is 0 Å². The van der Waals surface area contributed by atoms with Gasteiger partial charge in [-0.05, 0) is 25.0 Å². The summed E-state index contributed by atoms with van der Waals surface area (Å²) in [5, 5.41) is 11.0. The quantitative estimate of drug-likeness (QED) is 0.578. The van der Waals surface area contributed by atoms with E-state index in [1.165, 1.54) is 25.2 Å². The van der Waals surface area contributed by atoms with Gasteiger partial charge in [-0.25, -0.2) is 8.42 Å². The number of likely N-dealkylation sites (N-methyl/N-ethyl adjacent to an activating group) is 1. The molecule has 0 saturated carbocycles. The predicted molar refractivity (Wildman–Crippen MR) is 79.6 cm³/mol. The van der Waals surface area contributed by atoms with Crippen LogP contribution in [0.2, 0.25) is 0 Å². The van der Waals surface area contributed by atoms with Gasteiger partial charge in [-0.2, -0.15) is 4.31 Å². The fourth-order valence-corrected chi connectivity index (χ4v) is 4.08. The SMILES string of the molecule is CN(CC1CCCO1)S(=O)(=O)c1cc(Br)ccc1[N+](=O)[O-]. The molecule has 1 fully saturated rings. The van der Waals surface area contributed by atoms with Crippen molar-refractivity contribution in [3.63, 3.8) is 0 Å². The molecular weight excluding hydrogens is 364 g/mol. The van der Waals surface area contributed by atoms with Crippen molar-refractivity contribution in [2.24, 2.45) is 0 Å². The average Bonchev–Trinajstić information content (AvgIpc) is 2.91. The van der Waals surface area contributed by atoms with E-state index in [0.717, 1.165) is 17.1 Å². The van der Waals surface area contributed by atoms with Gasteiger partial charge in [0.25, 0.3) is 5.69 Å². The van der Waals surface area contributed by atoms with Gasteiger partial charge >= 0.3 is 0 Å². The number of nitro benzene ring substituents is 1. The minimum absolute atomic E-state index is 0.156. The largest absolute Gasteiger partial charge is 0.377 e. The average molecular weight is 379 g/mol. The fraction of sp³-hybridized carbons (Fsp3) is 0.500. The molecule has 1 aromatic rings. The first kappa shape index (κ1) is 16.3. The maximum atomic E-state index is 12.5. The lowest BCUT2D eigenvalue weighted by atomic mass is 10.2. The van der Waals surface area contributed by atoms with Crippen LogP contribution in [0.15, 0.2) is 27.6 Å². The lowest BCUT2D eigenvalue weighted by Gasteiger charge is -2.20. The van der Waals surface area contributed by atoms with E-state index in [2.05, 4.69) is 15.9 Å². The van der Waals surface area contributed by atoms with Crippen LogP contribution in [0.3, 0.4) is 0 Å². The van der Waals surface area contributed by atoms with Crippen molar-refractivity contribution in [2.45, 2.75) is 23.8 Å². The summed E-state index contributed by atoms with van der Waals surface area (Å²) < 4.78 is 32.1. The van der Waals surface area contributed by atoms with Crippen LogP contribution in [0.1, 0.15) is 12.8 Å². The molecular formula is C12H15BrN2O5S. The Morgan fingerprint density at radius 1 is 1.52 bits per heavy atom. The molecule has 21 heavy (non-hydrogen) atoms. The summed E-state index contributed by atoms with van der Waals surface area (Å²) in [4.78, 5) is 10.0. The summed E-state index contributed by atoms with van der Waals surface area (Å²) in [7, 11) is -2.54. The standard InChI is InChI=1S/C12H15BrN2O5S/c1-14(8-10-3-2-6-20-10)21(18,19)12-7-9(13)4-5-11(12)15(16)17/h4-5,7,10H,2-3,6,8H2,1H3. The topological polar surface area (TPSA) is 89.8 Å². The van der Waals surface area contributed by atoms with Gasteiger partial charge in [0.05, 0.1) is 11.0 Å². The Morgan fingerprint density at radius 2 is 2.24 bits per heavy atom. The number of benzene rings is 1. The summed E-state index contributed by atoms with van der Waals surface area (Å²) in [5.41, 5.74) is -0.433. The molecule has 1 unspecified atom stereocenters. The van der Waals surface area contributed by atoms with E-state index < -0.39 is 20.6 Å². The number of hydrogen-bond donors (Lipinski definition) is 0. The summed E-state index contributed by atoms with van der Waals surface area (Å²) >= 11 is 3.14. The number of halogens is 1. The highest BCUT2D eigenvalue weighted by Gasteiger charge is 2.31. The van der Waals surface area contributed by atoms with Crippen molar-refractivity contribution < 1.29 is 18.1 Å². The molecule has 1 saturated heterocycles. The van der Waals surface area contributed by atoms with Crippen molar-refractivity contribution in [1.29, 1.82) is 0 Å². The number of hydrogen-bond acceptors (Lipinski definition) is 5. The van der Waals surface area contributed by atoms with Gasteiger partial charge in [0.15, 0.2) is 4.90 Å². The number of nitro groups is 1. The molecule has 0 spiro atoms. The molecule has 1 heterocycles. The summed E-state index contributed by atoms with van der Waals surface area (Å²) in [6.45, 7) is 0.807. The minimum Gasteiger partial charge on any atom is -0.377 e. The normalized spacial score (nSPS) is 19.1. The Hall–Kier alpha value is -1.03. The molecule has 2 rings (SSSR count). The summed E-state index contributed by atoms with van der Waals surface area (Å²) in [6, 6.07) is 3.87. The molecule has 116 valence electrons. The number of ether oxygens (including phenoxy) is 1. The van der Waals surface area contributed by atoms with Crippen molar-refractivity contribution in [3.05, 3.63) is 32.8 Å². The molecule has 7 nitrogen and oxygen atoms in total. The lowest BCUT2D eigenvalue weighted by Crippen LogP contribution is -2.34. The molecule has 1 aliphatic rings. The molecule has 1 aromatic carbocycles. The Kier molecular flexibility index (Phi) is 4.97. The zero-order valence-electron chi connectivity index (χ0n) is 11.4. The van der Waals surface area contributed by atoms with Gasteiger partial charge in [0, 0.05) is 30.7 Å². The van der Waals surface area contributed by atoms with Crippen LogP contribution in [0, 0.1) is 10.1 Å². The third-order valence-corrected chi connectivity index (χ3v) is 5.64. The van der Waals surface area contributed by atoms with Crippen LogP contribution in [-0.4, -0.2) is 43.9 Å². The Bertz CT molecular complexity index is 643. The molecule has 1 atom stereocenters. The van der Waals surface area contributed by atoms with Gasteiger partial charge in [0.1, 0.15) is 0 Å². The number of nitrogens with zero attached hydrogens (tertiary/aromatic N) is 2. The van der Waals surface area contributed by atoms with E-state index >= 15 is 0 Å². The van der Waals surface area contributed by atoms with Crippen LogP contribution < -0.4 is 0 Å². The summed E-state index contributed by atoms with van der Waals surface area (Å²) in [5.74, 6) is 0. The van der Waals surface area contributed by atoms with Crippen molar-refractivity contribution >= 4 is 31.6 Å². The molecule has 0 aromatic heterocycles. The second-order valence-corrected chi connectivity index (χ2v) is 7.72. The first-order chi connectivity index (χ1) is 9.82. The van der Waals surface area contributed by atoms with Crippen molar-refractivity contribution in [2.75, 3.05) is 20.2 Å². The molecule has 9 heteroatoms. The van der Waals surface area contributed by atoms with Gasteiger partial charge < -0.3 is 4.74 Å². The highest BCUT2D eigenvalue weighted by Crippen LogP contribution is 2.29. The Labute approximate surface area is 131 Å². The smallest absolute Gasteiger partial charge is 0.289 e. The fourth-order valence-electron chi connectivity index (χ4n) is 2.19. The number of sulfonamides is 1. The maximum Gasteiger partial charge on any atom is 0.289 e. The molecule has 1 aliphatic heterocycles. The second-order valence-electron chi connectivity index (χ2n) is 4.79. The molecule has 0 N–H and O–H groups in total. The van der Waals surface area contributed by atoms with Gasteiger partial charge in [-0.15, -0.1) is 0 Å². The van der Waals surface area contributed by atoms with Crippen LogP contribution >= 0.6 is 15.9 Å². The van der Waals surface area contributed by atoms with Crippen LogP contribution in [0.4, 0.5) is 5.69 Å². The molecule has 0 bridgehead atoms. The van der Waals surface area contributed by atoms with Crippen LogP contribution in [0.25, 0.3) is 0 Å². The van der Waals surface area contributed by atoms with Gasteiger partial charge in [-0.1, -0.05) is 15.9 Å².